The number of carbonyl (C=O) groups excluding carboxylic acids is 2. The average Bonchev–Trinajstić information content (AvgIpc) is 3.59. The molecular formula is C33H34F4N6O4. The molecule has 1 aliphatic rings. The first kappa shape index (κ1) is 33.8. The number of hydroxylamine groups is 2. The van der Waals surface area contributed by atoms with Crippen molar-refractivity contribution in [3.05, 3.63) is 95.0 Å². The average molecular weight is 655 g/mol. The van der Waals surface area contributed by atoms with E-state index in [9.17, 15) is 27.2 Å². The van der Waals surface area contributed by atoms with Gasteiger partial charge in [0, 0.05) is 56.9 Å². The van der Waals surface area contributed by atoms with Crippen LogP contribution in [0, 0.1) is 25.7 Å². The summed E-state index contributed by atoms with van der Waals surface area (Å²) in [7, 11) is 1.58. The van der Waals surface area contributed by atoms with Gasteiger partial charge in [-0.05, 0) is 60.9 Å². The van der Waals surface area contributed by atoms with Crippen molar-refractivity contribution in [3.8, 4) is 16.9 Å². The van der Waals surface area contributed by atoms with Gasteiger partial charge in [0.1, 0.15) is 24.1 Å². The highest BCUT2D eigenvalue weighted by molar-refractivity contribution is 5.94. The Morgan fingerprint density at radius 3 is 2.55 bits per heavy atom. The third-order valence-electron chi connectivity index (χ3n) is 7.87. The number of pyridine rings is 2. The number of hydrogen-bond donors (Lipinski definition) is 1. The smallest absolute Gasteiger partial charge is 0.383 e. The van der Waals surface area contributed by atoms with Gasteiger partial charge in [-0.2, -0.15) is 27.7 Å². The molecule has 0 unspecified atom stereocenters. The second-order valence-electron chi connectivity index (χ2n) is 11.4. The summed E-state index contributed by atoms with van der Waals surface area (Å²) < 4.78 is 58.7. The number of halogens is 4. The number of nitrogens with zero attached hydrogens (tertiary/aromatic N) is 5. The number of alkyl halides is 3. The van der Waals surface area contributed by atoms with Crippen LogP contribution in [0.4, 0.5) is 17.6 Å². The Bertz CT molecular complexity index is 1730. The molecule has 0 aliphatic carbocycles. The summed E-state index contributed by atoms with van der Waals surface area (Å²) >= 11 is 0. The van der Waals surface area contributed by atoms with Gasteiger partial charge in [-0.15, -0.1) is 0 Å². The summed E-state index contributed by atoms with van der Waals surface area (Å²) in [4.78, 5) is 40.0. The zero-order valence-corrected chi connectivity index (χ0v) is 26.1. The van der Waals surface area contributed by atoms with Gasteiger partial charge >= 0.3 is 6.18 Å². The molecule has 0 radical (unpaired) electrons. The summed E-state index contributed by atoms with van der Waals surface area (Å²) in [6.45, 7) is 3.29. The van der Waals surface area contributed by atoms with E-state index in [-0.39, 0.29) is 30.2 Å². The number of benzene rings is 1. The number of Topliss-reactive ketones (excluding diaryl/α,β-unsaturated/α-hetero) is 1. The Kier molecular flexibility index (Phi) is 10.4. The van der Waals surface area contributed by atoms with Crippen LogP contribution in [0.3, 0.4) is 0 Å². The van der Waals surface area contributed by atoms with Gasteiger partial charge in [-0.1, -0.05) is 18.2 Å². The van der Waals surface area contributed by atoms with Crippen molar-refractivity contribution in [2.75, 3.05) is 33.4 Å². The molecule has 4 heterocycles. The molecule has 1 amide bonds. The Morgan fingerprint density at radius 1 is 1.11 bits per heavy atom. The Morgan fingerprint density at radius 2 is 1.87 bits per heavy atom. The van der Waals surface area contributed by atoms with Gasteiger partial charge in [0.05, 0.1) is 23.7 Å². The number of methoxy groups -OCH3 is 1. The first-order chi connectivity index (χ1) is 22.4. The maximum atomic E-state index is 14.0. The molecule has 0 saturated carbocycles. The Hall–Kier alpha value is -4.53. The molecule has 1 aliphatic heterocycles. The first-order valence-corrected chi connectivity index (χ1v) is 14.9. The molecule has 10 nitrogen and oxygen atoms in total. The number of aromatic nitrogens is 4. The minimum absolute atomic E-state index is 0.0318. The van der Waals surface area contributed by atoms with E-state index in [1.807, 2.05) is 42.6 Å². The number of ketones is 1. The van der Waals surface area contributed by atoms with E-state index in [1.54, 1.807) is 35.9 Å². The molecule has 1 saturated heterocycles. The molecular weight excluding hydrogens is 620 g/mol. The molecule has 5 rings (SSSR count). The predicted octanol–water partition coefficient (Wildman–Crippen LogP) is 5.13. The van der Waals surface area contributed by atoms with Gasteiger partial charge in [-0.3, -0.25) is 19.4 Å². The van der Waals surface area contributed by atoms with Crippen molar-refractivity contribution in [1.29, 1.82) is 0 Å². The molecule has 47 heavy (non-hydrogen) atoms. The van der Waals surface area contributed by atoms with Gasteiger partial charge in [0.2, 0.25) is 5.95 Å². The van der Waals surface area contributed by atoms with Crippen LogP contribution in [0.1, 0.15) is 45.4 Å². The first-order valence-electron chi connectivity index (χ1n) is 14.9. The zero-order valence-electron chi connectivity index (χ0n) is 26.1. The number of rotatable bonds is 12. The summed E-state index contributed by atoms with van der Waals surface area (Å²) in [5.74, 6) is -1.92. The molecule has 1 N–H and O–H groups in total. The van der Waals surface area contributed by atoms with E-state index in [0.29, 0.717) is 53.3 Å². The van der Waals surface area contributed by atoms with Gasteiger partial charge in [-0.25, -0.2) is 9.67 Å². The molecule has 0 spiro atoms. The molecule has 2 atom stereocenters. The van der Waals surface area contributed by atoms with Crippen molar-refractivity contribution in [1.82, 2.24) is 30.1 Å². The topological polar surface area (TPSA) is 111 Å². The van der Waals surface area contributed by atoms with E-state index >= 15 is 0 Å². The van der Waals surface area contributed by atoms with E-state index < -0.39 is 30.7 Å². The molecule has 3 aromatic heterocycles. The van der Waals surface area contributed by atoms with Crippen LogP contribution in [-0.4, -0.2) is 76.0 Å². The summed E-state index contributed by atoms with van der Waals surface area (Å²) in [6, 6.07) is 13.9. The summed E-state index contributed by atoms with van der Waals surface area (Å²) in [5.41, 5.74) is 3.93. The molecule has 1 fully saturated rings. The molecule has 1 aromatic carbocycles. The maximum Gasteiger partial charge on any atom is 0.405 e. The normalized spacial score (nSPS) is 16.8. The highest BCUT2D eigenvalue weighted by atomic mass is 19.4. The van der Waals surface area contributed by atoms with Crippen LogP contribution in [0.25, 0.3) is 16.9 Å². The second-order valence-corrected chi connectivity index (χ2v) is 11.4. The number of hydrogen-bond acceptors (Lipinski definition) is 8. The van der Waals surface area contributed by atoms with Gasteiger partial charge in [0.15, 0.2) is 0 Å². The van der Waals surface area contributed by atoms with Crippen LogP contribution >= 0.6 is 0 Å². The maximum absolute atomic E-state index is 14.0. The summed E-state index contributed by atoms with van der Waals surface area (Å²) in [6.07, 6.45) is -2.17. The summed E-state index contributed by atoms with van der Waals surface area (Å²) in [5, 5.41) is 8.39. The van der Waals surface area contributed by atoms with Crippen LogP contribution in [0.2, 0.25) is 0 Å². The molecule has 14 heteroatoms. The third-order valence-corrected chi connectivity index (χ3v) is 7.87. The fraction of sp³-hybridized carbons (Fsp3) is 0.364. The van der Waals surface area contributed by atoms with E-state index in [0.717, 1.165) is 5.69 Å². The van der Waals surface area contributed by atoms with Gasteiger partial charge < -0.3 is 10.1 Å². The fourth-order valence-corrected chi connectivity index (χ4v) is 5.64. The molecule has 4 aromatic rings. The number of amides is 1. The number of carbonyl (C=O) groups is 2. The fourth-order valence-electron chi connectivity index (χ4n) is 5.64. The monoisotopic (exact) mass is 654 g/mol. The number of aryl methyl sites for hydroxylation is 1. The molecule has 0 bridgehead atoms. The Balaban J connectivity index is 1.42. The standard InChI is InChI=1S/C33H34F4N6O4/c1-20-13-23(17-39-29(20)32(45)40-19-33(35,36)37)30-21(2)27(43(41-30)25-7-5-4-6-8-25)16-26(44)14-24-18-42(11-12-46-3)47-31(24)22-9-10-38-28(34)15-22/h4-10,13,15,17,24,31H,11-12,14,16,18-19H2,1-3H3,(H,40,45)/t24-,31+/m1/s1. The number of para-hydroxylation sites is 1. The van der Waals surface area contributed by atoms with Crippen LogP contribution in [-0.2, 0) is 20.8 Å². The van der Waals surface area contributed by atoms with Crippen LogP contribution < -0.4 is 5.32 Å². The lowest BCUT2D eigenvalue weighted by molar-refractivity contribution is -0.155. The van der Waals surface area contributed by atoms with Crippen molar-refractivity contribution >= 4 is 11.7 Å². The highest BCUT2D eigenvalue weighted by Crippen LogP contribution is 2.37. The predicted molar refractivity (Wildman–Crippen MR) is 163 cm³/mol. The highest BCUT2D eigenvalue weighted by Gasteiger charge is 2.37. The quantitative estimate of drug-likeness (QED) is 0.165. The van der Waals surface area contributed by atoms with Crippen LogP contribution in [0.15, 0.2) is 60.9 Å². The van der Waals surface area contributed by atoms with E-state index in [2.05, 4.69) is 9.97 Å². The van der Waals surface area contributed by atoms with Crippen molar-refractivity contribution in [3.63, 3.8) is 0 Å². The lowest BCUT2D eigenvalue weighted by atomic mass is 9.91. The van der Waals surface area contributed by atoms with Crippen molar-refractivity contribution in [2.24, 2.45) is 5.92 Å². The zero-order chi connectivity index (χ0) is 33.7. The molecule has 248 valence electrons. The number of nitrogens with one attached hydrogen (secondary N) is 1. The van der Waals surface area contributed by atoms with Gasteiger partial charge in [0.25, 0.3) is 5.91 Å². The lowest BCUT2D eigenvalue weighted by Gasteiger charge is -2.17. The Labute approximate surface area is 268 Å². The second kappa shape index (κ2) is 14.5. The van der Waals surface area contributed by atoms with E-state index in [4.69, 9.17) is 14.7 Å². The van der Waals surface area contributed by atoms with Crippen molar-refractivity contribution < 1.29 is 36.7 Å². The third kappa shape index (κ3) is 8.25. The minimum atomic E-state index is -4.55. The largest absolute Gasteiger partial charge is 0.405 e. The van der Waals surface area contributed by atoms with Crippen LogP contribution in [0.5, 0.6) is 0 Å². The van der Waals surface area contributed by atoms with Crippen molar-refractivity contribution in [2.45, 2.75) is 39.0 Å². The van der Waals surface area contributed by atoms with E-state index in [1.165, 1.54) is 18.5 Å². The SMILES string of the molecule is COCCN1C[C@@H](CC(=O)Cc2c(C)c(-c3cnc(C(=O)NCC(F)(F)F)c(C)c3)nn2-c2ccccc2)[C@H](c2ccnc(F)c2)O1. The lowest BCUT2D eigenvalue weighted by Crippen LogP contribution is -2.34. The minimum Gasteiger partial charge on any atom is -0.383 e. The number of ether oxygens (including phenoxy) is 1.